The van der Waals surface area contributed by atoms with E-state index in [1.807, 2.05) is 25.1 Å². The molecule has 0 fully saturated rings. The van der Waals surface area contributed by atoms with Crippen molar-refractivity contribution < 1.29 is 19.1 Å². The fourth-order valence-electron chi connectivity index (χ4n) is 3.31. The summed E-state index contributed by atoms with van der Waals surface area (Å²) >= 11 is 0. The molecule has 2 rings (SSSR count). The van der Waals surface area contributed by atoms with Crippen molar-refractivity contribution >= 4 is 23.5 Å². The minimum Gasteiger partial charge on any atom is -0.459 e. The smallest absolute Gasteiger partial charge is 0.340 e. The van der Waals surface area contributed by atoms with Gasteiger partial charge in [0, 0.05) is 17.9 Å². The molecule has 0 aliphatic rings. The first-order chi connectivity index (χ1) is 14.2. The minimum atomic E-state index is -0.688. The molecule has 7 nitrogen and oxygen atoms in total. The quantitative estimate of drug-likeness (QED) is 0.638. The van der Waals surface area contributed by atoms with Crippen LogP contribution in [0.1, 0.15) is 66.2 Å². The first kappa shape index (κ1) is 23.2. The SMILES string of the molecule is CCCN(C(=O)c1[nH]c(C)c(C(=O)OC(C)C)c1C)C(C)C(=O)Nc1ccccc1. The molecule has 1 aromatic heterocycles. The van der Waals surface area contributed by atoms with Crippen LogP contribution in [0.15, 0.2) is 30.3 Å². The van der Waals surface area contributed by atoms with Gasteiger partial charge in [-0.3, -0.25) is 9.59 Å². The maximum Gasteiger partial charge on any atom is 0.340 e. The van der Waals surface area contributed by atoms with Crippen molar-refractivity contribution in [3.05, 3.63) is 52.8 Å². The molecule has 162 valence electrons. The topological polar surface area (TPSA) is 91.5 Å². The number of amides is 2. The fourth-order valence-corrected chi connectivity index (χ4v) is 3.31. The van der Waals surface area contributed by atoms with Gasteiger partial charge in [-0.2, -0.15) is 0 Å². The van der Waals surface area contributed by atoms with Crippen LogP contribution in [0, 0.1) is 13.8 Å². The van der Waals surface area contributed by atoms with Gasteiger partial charge in [0.05, 0.1) is 11.7 Å². The summed E-state index contributed by atoms with van der Waals surface area (Å²) < 4.78 is 5.30. The van der Waals surface area contributed by atoms with Crippen LogP contribution in [0.2, 0.25) is 0 Å². The van der Waals surface area contributed by atoms with Crippen LogP contribution in [0.4, 0.5) is 5.69 Å². The number of esters is 1. The van der Waals surface area contributed by atoms with Crippen molar-refractivity contribution in [3.8, 4) is 0 Å². The highest BCUT2D eigenvalue weighted by Gasteiger charge is 2.31. The van der Waals surface area contributed by atoms with E-state index in [-0.39, 0.29) is 17.9 Å². The summed E-state index contributed by atoms with van der Waals surface area (Å²) in [5.41, 5.74) is 2.43. The van der Waals surface area contributed by atoms with Crippen LogP contribution in [0.3, 0.4) is 0 Å². The van der Waals surface area contributed by atoms with Crippen LogP contribution >= 0.6 is 0 Å². The van der Waals surface area contributed by atoms with E-state index in [9.17, 15) is 14.4 Å². The van der Waals surface area contributed by atoms with Crippen molar-refractivity contribution in [2.45, 2.75) is 60.1 Å². The number of nitrogens with one attached hydrogen (secondary N) is 2. The number of H-pyrrole nitrogens is 1. The molecule has 0 aliphatic carbocycles. The van der Waals surface area contributed by atoms with Crippen molar-refractivity contribution in [1.29, 1.82) is 0 Å². The second kappa shape index (κ2) is 10.1. The van der Waals surface area contributed by atoms with E-state index < -0.39 is 12.0 Å². The number of nitrogens with zero attached hydrogens (tertiary/aromatic N) is 1. The zero-order valence-electron chi connectivity index (χ0n) is 18.5. The summed E-state index contributed by atoms with van der Waals surface area (Å²) in [5.74, 6) is -1.06. The van der Waals surface area contributed by atoms with Crippen LogP contribution < -0.4 is 5.32 Å². The maximum absolute atomic E-state index is 13.3. The summed E-state index contributed by atoms with van der Waals surface area (Å²) in [7, 11) is 0. The summed E-state index contributed by atoms with van der Waals surface area (Å²) in [6.07, 6.45) is 0.430. The monoisotopic (exact) mass is 413 g/mol. The zero-order chi connectivity index (χ0) is 22.4. The molecule has 0 radical (unpaired) electrons. The lowest BCUT2D eigenvalue weighted by Crippen LogP contribution is -2.46. The number of anilines is 1. The largest absolute Gasteiger partial charge is 0.459 e. The van der Waals surface area contributed by atoms with Crippen molar-refractivity contribution in [2.75, 3.05) is 11.9 Å². The van der Waals surface area contributed by atoms with Crippen LogP contribution in [-0.4, -0.2) is 46.4 Å². The Morgan fingerprint density at radius 2 is 1.73 bits per heavy atom. The normalized spacial score (nSPS) is 11.8. The summed E-state index contributed by atoms with van der Waals surface area (Å²) in [6, 6.07) is 8.43. The Labute approximate surface area is 177 Å². The third-order valence-electron chi connectivity index (χ3n) is 4.81. The number of carbonyl (C=O) groups excluding carboxylic acids is 3. The van der Waals surface area contributed by atoms with Gasteiger partial charge in [-0.05, 0) is 58.7 Å². The number of aryl methyl sites for hydroxylation is 1. The van der Waals surface area contributed by atoms with Crippen LogP contribution in [0.25, 0.3) is 0 Å². The predicted molar refractivity (Wildman–Crippen MR) is 117 cm³/mol. The number of benzene rings is 1. The third-order valence-corrected chi connectivity index (χ3v) is 4.81. The molecule has 1 unspecified atom stereocenters. The van der Waals surface area contributed by atoms with Gasteiger partial charge in [0.2, 0.25) is 5.91 Å². The molecule has 0 spiro atoms. The van der Waals surface area contributed by atoms with Crippen molar-refractivity contribution in [2.24, 2.45) is 0 Å². The number of rotatable bonds is 8. The number of aromatic nitrogens is 1. The molecule has 2 N–H and O–H groups in total. The minimum absolute atomic E-state index is 0.261. The number of para-hydroxylation sites is 1. The molecule has 0 saturated heterocycles. The Morgan fingerprint density at radius 1 is 1.10 bits per heavy atom. The second-order valence-electron chi connectivity index (χ2n) is 7.61. The lowest BCUT2D eigenvalue weighted by Gasteiger charge is -2.28. The van der Waals surface area contributed by atoms with Gasteiger partial charge in [0.15, 0.2) is 0 Å². The number of aromatic amines is 1. The van der Waals surface area contributed by atoms with E-state index in [2.05, 4.69) is 10.3 Å². The standard InChI is InChI=1S/C23H31N3O4/c1-7-13-26(17(6)21(27)25-18-11-9-8-10-12-18)22(28)20-15(4)19(16(5)24-20)23(29)30-14(2)3/h8-12,14,17,24H,7,13H2,1-6H3,(H,25,27). The zero-order valence-corrected chi connectivity index (χ0v) is 18.5. The molecule has 2 aromatic rings. The van der Waals surface area contributed by atoms with E-state index in [0.717, 1.165) is 0 Å². The molecular formula is C23H31N3O4. The van der Waals surface area contributed by atoms with E-state index >= 15 is 0 Å². The van der Waals surface area contributed by atoms with E-state index in [4.69, 9.17) is 4.74 Å². The summed E-state index contributed by atoms with van der Waals surface area (Å²) in [4.78, 5) is 43.1. The van der Waals surface area contributed by atoms with Crippen LogP contribution in [-0.2, 0) is 9.53 Å². The van der Waals surface area contributed by atoms with Crippen molar-refractivity contribution in [3.63, 3.8) is 0 Å². The van der Waals surface area contributed by atoms with E-state index in [1.54, 1.807) is 46.8 Å². The number of carbonyl (C=O) groups is 3. The van der Waals surface area contributed by atoms with Crippen LogP contribution in [0.5, 0.6) is 0 Å². The lowest BCUT2D eigenvalue weighted by atomic mass is 10.1. The lowest BCUT2D eigenvalue weighted by molar-refractivity contribution is -0.120. The number of ether oxygens (including phenoxy) is 1. The molecule has 0 aliphatic heterocycles. The third kappa shape index (κ3) is 5.28. The van der Waals surface area contributed by atoms with Gasteiger partial charge in [0.1, 0.15) is 11.7 Å². The van der Waals surface area contributed by atoms with Gasteiger partial charge >= 0.3 is 5.97 Å². The molecule has 0 bridgehead atoms. The number of hydrogen-bond donors (Lipinski definition) is 2. The summed E-state index contributed by atoms with van der Waals surface area (Å²) in [6.45, 7) is 11.0. The molecule has 1 heterocycles. The first-order valence-corrected chi connectivity index (χ1v) is 10.2. The Hall–Kier alpha value is -3.09. The van der Waals surface area contributed by atoms with Gasteiger partial charge in [-0.25, -0.2) is 4.79 Å². The van der Waals surface area contributed by atoms with E-state index in [1.165, 1.54) is 4.90 Å². The molecule has 1 atom stereocenters. The Kier molecular flexibility index (Phi) is 7.80. The average molecular weight is 414 g/mol. The molecule has 30 heavy (non-hydrogen) atoms. The van der Waals surface area contributed by atoms with Gasteiger partial charge < -0.3 is 19.9 Å². The molecule has 0 saturated carbocycles. The highest BCUT2D eigenvalue weighted by atomic mass is 16.5. The van der Waals surface area contributed by atoms with Gasteiger partial charge in [-0.1, -0.05) is 25.1 Å². The molecule has 7 heteroatoms. The molecule has 2 amide bonds. The molecule has 1 aromatic carbocycles. The first-order valence-electron chi connectivity index (χ1n) is 10.2. The van der Waals surface area contributed by atoms with Gasteiger partial charge in [-0.15, -0.1) is 0 Å². The number of hydrogen-bond acceptors (Lipinski definition) is 4. The Bertz CT molecular complexity index is 903. The highest BCUT2D eigenvalue weighted by Crippen LogP contribution is 2.22. The second-order valence-corrected chi connectivity index (χ2v) is 7.61. The molecular weight excluding hydrogens is 382 g/mol. The Morgan fingerprint density at radius 3 is 2.30 bits per heavy atom. The average Bonchev–Trinajstić information content (AvgIpc) is 2.99. The fraction of sp³-hybridized carbons (Fsp3) is 0.435. The predicted octanol–water partition coefficient (Wildman–Crippen LogP) is 4.08. The highest BCUT2D eigenvalue weighted by molar-refractivity contribution is 6.03. The Balaban J connectivity index is 2.28. The van der Waals surface area contributed by atoms with Crippen molar-refractivity contribution in [1.82, 2.24) is 9.88 Å². The summed E-state index contributed by atoms with van der Waals surface area (Å²) in [5, 5.41) is 2.84. The van der Waals surface area contributed by atoms with E-state index in [0.29, 0.717) is 41.2 Å². The maximum atomic E-state index is 13.3. The van der Waals surface area contributed by atoms with Gasteiger partial charge in [0.25, 0.3) is 5.91 Å².